The minimum atomic E-state index is -3.32. The fourth-order valence-corrected chi connectivity index (χ4v) is 10.2. The van der Waals surface area contributed by atoms with Gasteiger partial charge in [0, 0.05) is 5.04 Å². The highest BCUT2D eigenvalue weighted by Gasteiger charge is 2.59. The molecule has 0 bridgehead atoms. The van der Waals surface area contributed by atoms with Gasteiger partial charge in [0.2, 0.25) is 0 Å². The van der Waals surface area contributed by atoms with Crippen molar-refractivity contribution in [2.75, 3.05) is 0 Å². The van der Waals surface area contributed by atoms with E-state index in [0.717, 1.165) is 0 Å². The smallest absolute Gasteiger partial charge is 0.376 e. The molecule has 0 aliphatic heterocycles. The predicted octanol–water partition coefficient (Wildman–Crippen LogP) is 4.85. The number of hydrogen-bond donors (Lipinski definition) is 1. The largest absolute Gasteiger partial charge is 0.420 e. The SMILES string of the molecule is CC(C)(C)[Si](C)(F)O[Si](N)(C(C)(C)C)C(C)(C)C. The van der Waals surface area contributed by atoms with E-state index in [1.165, 1.54) is 0 Å². The van der Waals surface area contributed by atoms with Gasteiger partial charge in [-0.1, -0.05) is 62.3 Å². The van der Waals surface area contributed by atoms with Gasteiger partial charge in [-0.3, -0.25) is 4.11 Å². The van der Waals surface area contributed by atoms with Crippen molar-refractivity contribution in [3.63, 3.8) is 0 Å². The zero-order valence-corrected chi connectivity index (χ0v) is 15.9. The van der Waals surface area contributed by atoms with Crippen molar-refractivity contribution in [2.45, 2.75) is 84.0 Å². The molecule has 1 unspecified atom stereocenters. The summed E-state index contributed by atoms with van der Waals surface area (Å²) < 4.78 is 21.1. The molecular formula is C13H32FNOSi2. The van der Waals surface area contributed by atoms with E-state index < -0.39 is 22.2 Å². The number of halogens is 1. The van der Waals surface area contributed by atoms with Gasteiger partial charge in [-0.25, -0.2) is 0 Å². The van der Waals surface area contributed by atoms with Crippen LogP contribution in [-0.4, -0.2) is 17.1 Å². The molecule has 0 amide bonds. The molecule has 0 fully saturated rings. The molecule has 0 aromatic heterocycles. The maximum atomic E-state index is 15.0. The van der Waals surface area contributed by atoms with E-state index in [2.05, 4.69) is 41.5 Å². The first-order valence-electron chi connectivity index (χ1n) is 6.64. The second-order valence-electron chi connectivity index (χ2n) is 8.50. The second-order valence-corrected chi connectivity index (χ2v) is 17.1. The lowest BCUT2D eigenvalue weighted by Gasteiger charge is -2.51. The molecule has 0 aromatic carbocycles. The van der Waals surface area contributed by atoms with Crippen LogP contribution in [-0.2, 0) is 4.12 Å². The van der Waals surface area contributed by atoms with Gasteiger partial charge < -0.3 is 9.51 Å². The quantitative estimate of drug-likeness (QED) is 0.583. The molecule has 0 aliphatic rings. The summed E-state index contributed by atoms with van der Waals surface area (Å²) in [4.78, 5) is 0. The lowest BCUT2D eigenvalue weighted by molar-refractivity contribution is 0.347. The molecule has 110 valence electrons. The Bertz CT molecular complexity index is 284. The zero-order chi connectivity index (χ0) is 15.2. The minimum absolute atomic E-state index is 0.198. The van der Waals surface area contributed by atoms with Crippen molar-refractivity contribution in [2.24, 2.45) is 5.40 Å². The van der Waals surface area contributed by atoms with E-state index >= 15 is 4.11 Å². The lowest BCUT2D eigenvalue weighted by Crippen LogP contribution is -2.67. The summed E-state index contributed by atoms with van der Waals surface area (Å²) in [6.07, 6.45) is 0. The number of nitrogens with two attached hydrogens (primary N) is 1. The van der Waals surface area contributed by atoms with Crippen LogP contribution >= 0.6 is 0 Å². The zero-order valence-electron chi connectivity index (χ0n) is 13.9. The Labute approximate surface area is 115 Å². The molecule has 0 rings (SSSR count). The molecule has 0 aromatic rings. The Morgan fingerprint density at radius 3 is 1.22 bits per heavy atom. The number of rotatable bonds is 2. The first-order valence-corrected chi connectivity index (χ1v) is 10.9. The summed E-state index contributed by atoms with van der Waals surface area (Å²) in [5.41, 5.74) is 0. The summed E-state index contributed by atoms with van der Waals surface area (Å²) in [7, 11) is -6.03. The topological polar surface area (TPSA) is 35.2 Å². The molecule has 1 atom stereocenters. The van der Waals surface area contributed by atoms with Crippen molar-refractivity contribution in [1.29, 1.82) is 0 Å². The highest BCUT2D eigenvalue weighted by atomic mass is 28.5. The third kappa shape index (κ3) is 3.43. The fourth-order valence-electron chi connectivity index (χ4n) is 1.89. The maximum Gasteiger partial charge on any atom is 0.376 e. The molecule has 0 radical (unpaired) electrons. The van der Waals surface area contributed by atoms with Gasteiger partial charge >= 0.3 is 8.65 Å². The summed E-state index contributed by atoms with van der Waals surface area (Å²) in [6.45, 7) is 19.7. The Balaban J connectivity index is 5.58. The van der Waals surface area contributed by atoms with Crippen LogP contribution in [0.4, 0.5) is 4.11 Å². The summed E-state index contributed by atoms with van der Waals surface area (Å²) in [6, 6.07) is 0. The number of hydrogen-bond acceptors (Lipinski definition) is 2. The molecule has 0 saturated carbocycles. The van der Waals surface area contributed by atoms with Crippen molar-refractivity contribution in [3.05, 3.63) is 0 Å². The first kappa shape index (κ1) is 18.3. The summed E-state index contributed by atoms with van der Waals surface area (Å²) in [5.74, 6) is 0. The standard InChI is InChI=1S/C13H32FNOSi2/c1-11(2,3)17(10,14)16-18(15,12(4,5)6)13(7,8)9/h15H2,1-10H3. The van der Waals surface area contributed by atoms with Crippen LogP contribution in [0.1, 0.15) is 62.3 Å². The lowest BCUT2D eigenvalue weighted by atomic mass is 10.2. The first-order chi connectivity index (χ1) is 7.46. The van der Waals surface area contributed by atoms with Gasteiger partial charge in [-0.2, -0.15) is 0 Å². The second kappa shape index (κ2) is 4.68. The van der Waals surface area contributed by atoms with E-state index in [1.54, 1.807) is 6.55 Å². The molecule has 2 nitrogen and oxygen atoms in total. The maximum absolute atomic E-state index is 15.0. The molecule has 0 saturated heterocycles. The predicted molar refractivity (Wildman–Crippen MR) is 82.9 cm³/mol. The van der Waals surface area contributed by atoms with Gasteiger partial charge in [0.15, 0.2) is 0 Å². The van der Waals surface area contributed by atoms with Crippen LogP contribution in [0.2, 0.25) is 21.7 Å². The third-order valence-corrected chi connectivity index (χ3v) is 13.9. The molecule has 0 heterocycles. The minimum Gasteiger partial charge on any atom is -0.420 e. The van der Waals surface area contributed by atoms with E-state index in [9.17, 15) is 0 Å². The average Bonchev–Trinajstić information content (AvgIpc) is 1.95. The molecule has 0 spiro atoms. The Morgan fingerprint density at radius 2 is 1.06 bits per heavy atom. The summed E-state index contributed by atoms with van der Waals surface area (Å²) in [5, 5.41) is 5.79. The van der Waals surface area contributed by atoms with Crippen molar-refractivity contribution in [3.8, 4) is 0 Å². The summed E-state index contributed by atoms with van der Waals surface area (Å²) >= 11 is 0. The average molecular weight is 294 g/mol. The molecular weight excluding hydrogens is 261 g/mol. The molecule has 0 aliphatic carbocycles. The van der Waals surface area contributed by atoms with Gasteiger partial charge in [0.1, 0.15) is 0 Å². The van der Waals surface area contributed by atoms with E-state index in [1.807, 2.05) is 20.8 Å². The fraction of sp³-hybridized carbons (Fsp3) is 1.00. The monoisotopic (exact) mass is 293 g/mol. The van der Waals surface area contributed by atoms with Crippen LogP contribution in [0.3, 0.4) is 0 Å². The Kier molecular flexibility index (Phi) is 4.76. The van der Waals surface area contributed by atoms with Gasteiger partial charge in [0.05, 0.1) is 0 Å². The molecule has 2 N–H and O–H groups in total. The normalized spacial score (nSPS) is 18.7. The highest BCUT2D eigenvalue weighted by Crippen LogP contribution is 2.52. The van der Waals surface area contributed by atoms with Crippen molar-refractivity contribution in [1.82, 2.24) is 0 Å². The van der Waals surface area contributed by atoms with Crippen molar-refractivity contribution >= 4 is 17.1 Å². The van der Waals surface area contributed by atoms with Crippen molar-refractivity contribution < 1.29 is 8.22 Å². The van der Waals surface area contributed by atoms with Gasteiger partial charge in [-0.05, 0) is 16.6 Å². The van der Waals surface area contributed by atoms with Crippen LogP contribution < -0.4 is 5.40 Å². The van der Waals surface area contributed by atoms with E-state index in [-0.39, 0.29) is 10.1 Å². The molecule has 5 heteroatoms. The van der Waals surface area contributed by atoms with Crippen LogP contribution in [0, 0.1) is 0 Å². The van der Waals surface area contributed by atoms with Crippen LogP contribution in [0.5, 0.6) is 0 Å². The highest BCUT2D eigenvalue weighted by molar-refractivity contribution is 6.86. The van der Waals surface area contributed by atoms with Crippen LogP contribution in [0.25, 0.3) is 0 Å². The van der Waals surface area contributed by atoms with Crippen LogP contribution in [0.15, 0.2) is 0 Å². The molecule has 18 heavy (non-hydrogen) atoms. The third-order valence-electron chi connectivity index (χ3n) is 3.92. The van der Waals surface area contributed by atoms with Gasteiger partial charge in [-0.15, -0.1) is 0 Å². The van der Waals surface area contributed by atoms with Gasteiger partial charge in [0.25, 0.3) is 8.48 Å². The van der Waals surface area contributed by atoms with E-state index in [4.69, 9.17) is 9.51 Å². The Hall–Kier alpha value is 0.284. The Morgan fingerprint density at radius 1 is 0.778 bits per heavy atom. The van der Waals surface area contributed by atoms with E-state index in [0.29, 0.717) is 0 Å².